The molecule has 0 aromatic heterocycles. The van der Waals surface area contributed by atoms with E-state index in [1.54, 1.807) is 0 Å². The standard InChI is InChI=1S/C11H13N.C2H4/c1-3-4-9(2)10-5-7-11(12)8-6-10;1-2/h3-8H,2,12H2,1H3;1-2H2/b4-3-;. The van der Waals surface area contributed by atoms with Crippen molar-refractivity contribution in [3.63, 3.8) is 0 Å². The fourth-order valence-corrected chi connectivity index (χ4v) is 0.995. The van der Waals surface area contributed by atoms with E-state index in [0.29, 0.717) is 0 Å². The lowest BCUT2D eigenvalue weighted by molar-refractivity contribution is 1.61. The van der Waals surface area contributed by atoms with Gasteiger partial charge in [0.05, 0.1) is 0 Å². The summed E-state index contributed by atoms with van der Waals surface area (Å²) in [5.41, 5.74) is 8.46. The SMILES string of the molecule is C=C.C=C(/C=C\C)c1ccc(N)cc1. The predicted octanol–water partition coefficient (Wildman–Crippen LogP) is 3.66. The maximum atomic E-state index is 5.55. The van der Waals surface area contributed by atoms with Crippen LogP contribution in [0.1, 0.15) is 12.5 Å². The quantitative estimate of drug-likeness (QED) is 0.427. The van der Waals surface area contributed by atoms with Gasteiger partial charge in [-0.25, -0.2) is 0 Å². The van der Waals surface area contributed by atoms with Gasteiger partial charge in [-0.3, -0.25) is 0 Å². The van der Waals surface area contributed by atoms with E-state index in [0.717, 1.165) is 16.8 Å². The molecule has 0 amide bonds. The first kappa shape index (κ1) is 12.2. The highest BCUT2D eigenvalue weighted by Crippen LogP contribution is 2.14. The van der Waals surface area contributed by atoms with Gasteiger partial charge in [0, 0.05) is 5.69 Å². The Kier molecular flexibility index (Phi) is 5.88. The van der Waals surface area contributed by atoms with Gasteiger partial charge in [0.25, 0.3) is 0 Å². The molecule has 0 atom stereocenters. The molecule has 0 unspecified atom stereocenters. The smallest absolute Gasteiger partial charge is 0.0314 e. The fraction of sp³-hybridized carbons (Fsp3) is 0.0769. The highest BCUT2D eigenvalue weighted by molar-refractivity contribution is 5.72. The summed E-state index contributed by atoms with van der Waals surface area (Å²) in [6, 6.07) is 7.70. The predicted molar refractivity (Wildman–Crippen MR) is 66.0 cm³/mol. The average molecular weight is 187 g/mol. The summed E-state index contributed by atoms with van der Waals surface area (Å²) in [7, 11) is 0. The largest absolute Gasteiger partial charge is 0.399 e. The number of nitrogens with two attached hydrogens (primary N) is 1. The summed E-state index contributed by atoms with van der Waals surface area (Å²) in [6.45, 7) is 11.9. The van der Waals surface area contributed by atoms with Crippen LogP contribution in [0.25, 0.3) is 5.57 Å². The lowest BCUT2D eigenvalue weighted by atomic mass is 10.1. The second kappa shape index (κ2) is 6.72. The number of rotatable bonds is 2. The molecule has 74 valence electrons. The van der Waals surface area contributed by atoms with Crippen LogP contribution >= 0.6 is 0 Å². The van der Waals surface area contributed by atoms with Crippen molar-refractivity contribution in [2.75, 3.05) is 5.73 Å². The molecule has 14 heavy (non-hydrogen) atoms. The number of hydrogen-bond acceptors (Lipinski definition) is 1. The molecule has 1 heteroatoms. The molecule has 1 rings (SSSR count). The van der Waals surface area contributed by atoms with Crippen LogP contribution in [-0.4, -0.2) is 0 Å². The summed E-state index contributed by atoms with van der Waals surface area (Å²) in [6.07, 6.45) is 3.95. The minimum atomic E-state index is 0.784. The van der Waals surface area contributed by atoms with Crippen molar-refractivity contribution in [3.8, 4) is 0 Å². The highest BCUT2D eigenvalue weighted by atomic mass is 14.5. The topological polar surface area (TPSA) is 26.0 Å². The lowest BCUT2D eigenvalue weighted by Gasteiger charge is -1.99. The Morgan fingerprint density at radius 1 is 1.21 bits per heavy atom. The summed E-state index contributed by atoms with van der Waals surface area (Å²) in [5.74, 6) is 0. The van der Waals surface area contributed by atoms with E-state index in [2.05, 4.69) is 19.7 Å². The van der Waals surface area contributed by atoms with Crippen molar-refractivity contribution in [1.29, 1.82) is 0 Å². The molecule has 0 fully saturated rings. The monoisotopic (exact) mass is 187 g/mol. The Morgan fingerprint density at radius 3 is 2.14 bits per heavy atom. The molecule has 0 aliphatic carbocycles. The van der Waals surface area contributed by atoms with Crippen molar-refractivity contribution in [2.24, 2.45) is 0 Å². The van der Waals surface area contributed by atoms with Gasteiger partial charge < -0.3 is 5.73 Å². The van der Waals surface area contributed by atoms with Gasteiger partial charge in [0.2, 0.25) is 0 Å². The fourth-order valence-electron chi connectivity index (χ4n) is 0.995. The van der Waals surface area contributed by atoms with Crippen LogP contribution in [0.2, 0.25) is 0 Å². The van der Waals surface area contributed by atoms with Crippen LogP contribution in [0.15, 0.2) is 56.2 Å². The zero-order valence-electron chi connectivity index (χ0n) is 8.66. The van der Waals surface area contributed by atoms with Crippen molar-refractivity contribution < 1.29 is 0 Å². The van der Waals surface area contributed by atoms with E-state index in [4.69, 9.17) is 5.73 Å². The van der Waals surface area contributed by atoms with Crippen LogP contribution in [-0.2, 0) is 0 Å². The van der Waals surface area contributed by atoms with Crippen LogP contribution in [0, 0.1) is 0 Å². The molecule has 0 bridgehead atoms. The molecule has 0 aliphatic rings. The van der Waals surface area contributed by atoms with E-state index in [1.807, 2.05) is 43.3 Å². The van der Waals surface area contributed by atoms with Crippen molar-refractivity contribution in [1.82, 2.24) is 0 Å². The second-order valence-electron chi connectivity index (χ2n) is 2.65. The zero-order chi connectivity index (χ0) is 11.0. The Balaban J connectivity index is 0.000000791. The molecule has 0 radical (unpaired) electrons. The van der Waals surface area contributed by atoms with Gasteiger partial charge in [0.1, 0.15) is 0 Å². The summed E-state index contributed by atoms with van der Waals surface area (Å²) in [5, 5.41) is 0. The van der Waals surface area contributed by atoms with Gasteiger partial charge >= 0.3 is 0 Å². The van der Waals surface area contributed by atoms with E-state index in [-0.39, 0.29) is 0 Å². The van der Waals surface area contributed by atoms with Gasteiger partial charge in [-0.1, -0.05) is 30.9 Å². The minimum absolute atomic E-state index is 0.784. The molecule has 0 heterocycles. The Hall–Kier alpha value is -1.76. The normalized spacial score (nSPS) is 9.21. The number of anilines is 1. The Labute approximate surface area is 86.3 Å². The first-order valence-corrected chi connectivity index (χ1v) is 4.41. The molecular formula is C13H17N. The summed E-state index contributed by atoms with van der Waals surface area (Å²) < 4.78 is 0. The summed E-state index contributed by atoms with van der Waals surface area (Å²) >= 11 is 0. The van der Waals surface area contributed by atoms with Gasteiger partial charge in [0.15, 0.2) is 0 Å². The number of nitrogen functional groups attached to an aromatic ring is 1. The van der Waals surface area contributed by atoms with E-state index in [9.17, 15) is 0 Å². The summed E-state index contributed by atoms with van der Waals surface area (Å²) in [4.78, 5) is 0. The van der Waals surface area contributed by atoms with Crippen LogP contribution in [0.5, 0.6) is 0 Å². The van der Waals surface area contributed by atoms with Gasteiger partial charge in [-0.2, -0.15) is 0 Å². The third-order valence-electron chi connectivity index (χ3n) is 1.65. The molecular weight excluding hydrogens is 170 g/mol. The Morgan fingerprint density at radius 2 is 1.71 bits per heavy atom. The van der Waals surface area contributed by atoms with Crippen molar-refractivity contribution in [3.05, 3.63) is 61.7 Å². The van der Waals surface area contributed by atoms with Crippen LogP contribution in [0.4, 0.5) is 5.69 Å². The van der Waals surface area contributed by atoms with Gasteiger partial charge in [-0.15, -0.1) is 13.2 Å². The van der Waals surface area contributed by atoms with E-state index >= 15 is 0 Å². The van der Waals surface area contributed by atoms with Crippen molar-refractivity contribution >= 4 is 11.3 Å². The van der Waals surface area contributed by atoms with Crippen molar-refractivity contribution in [2.45, 2.75) is 6.92 Å². The third-order valence-corrected chi connectivity index (χ3v) is 1.65. The lowest BCUT2D eigenvalue weighted by Crippen LogP contribution is -1.84. The molecule has 1 aromatic carbocycles. The van der Waals surface area contributed by atoms with E-state index in [1.165, 1.54) is 0 Å². The number of benzene rings is 1. The molecule has 1 nitrogen and oxygen atoms in total. The van der Waals surface area contributed by atoms with Crippen LogP contribution in [0.3, 0.4) is 0 Å². The van der Waals surface area contributed by atoms with Gasteiger partial charge in [-0.05, 0) is 30.2 Å². The molecule has 2 N–H and O–H groups in total. The Bertz CT molecular complexity index is 307. The molecule has 1 aromatic rings. The third kappa shape index (κ3) is 3.76. The maximum Gasteiger partial charge on any atom is 0.0314 e. The molecule has 0 saturated carbocycles. The first-order chi connectivity index (χ1) is 6.74. The first-order valence-electron chi connectivity index (χ1n) is 4.41. The molecule has 0 spiro atoms. The molecule has 0 aliphatic heterocycles. The number of allylic oxidation sites excluding steroid dienone is 3. The molecule has 0 saturated heterocycles. The number of hydrogen-bond donors (Lipinski definition) is 1. The zero-order valence-corrected chi connectivity index (χ0v) is 8.66. The highest BCUT2D eigenvalue weighted by Gasteiger charge is 1.92. The maximum absolute atomic E-state index is 5.55. The average Bonchev–Trinajstić information content (AvgIpc) is 2.22. The van der Waals surface area contributed by atoms with E-state index < -0.39 is 0 Å². The minimum Gasteiger partial charge on any atom is -0.399 e. The van der Waals surface area contributed by atoms with Crippen LogP contribution < -0.4 is 5.73 Å². The second-order valence-corrected chi connectivity index (χ2v) is 2.65.